The SMILES string of the molecule is O=C(CCc1ccccc1F)Nc1ccc(N2CCOCC2)cn1. The van der Waals surface area contributed by atoms with E-state index in [0.29, 0.717) is 31.0 Å². The van der Waals surface area contributed by atoms with E-state index in [4.69, 9.17) is 4.74 Å². The third-order valence-corrected chi connectivity index (χ3v) is 3.97. The highest BCUT2D eigenvalue weighted by atomic mass is 19.1. The van der Waals surface area contributed by atoms with Crippen molar-refractivity contribution in [3.05, 3.63) is 54.0 Å². The van der Waals surface area contributed by atoms with Gasteiger partial charge in [0, 0.05) is 19.5 Å². The van der Waals surface area contributed by atoms with Crippen molar-refractivity contribution in [3.63, 3.8) is 0 Å². The number of pyridine rings is 1. The van der Waals surface area contributed by atoms with Crippen molar-refractivity contribution in [2.24, 2.45) is 0 Å². The molecule has 6 heteroatoms. The Hall–Kier alpha value is -2.47. The Kier molecular flexibility index (Phi) is 5.38. The fourth-order valence-electron chi connectivity index (χ4n) is 2.62. The molecular weight excluding hydrogens is 309 g/mol. The quantitative estimate of drug-likeness (QED) is 0.916. The first-order valence-electron chi connectivity index (χ1n) is 8.04. The average Bonchev–Trinajstić information content (AvgIpc) is 2.62. The number of carbonyl (C=O) groups excluding carboxylic acids is 1. The Balaban J connectivity index is 1.52. The molecule has 126 valence electrons. The number of nitrogens with one attached hydrogen (secondary N) is 1. The maximum atomic E-state index is 13.5. The summed E-state index contributed by atoms with van der Waals surface area (Å²) in [7, 11) is 0. The minimum Gasteiger partial charge on any atom is -0.378 e. The maximum absolute atomic E-state index is 13.5. The van der Waals surface area contributed by atoms with Crippen LogP contribution in [0.15, 0.2) is 42.6 Å². The van der Waals surface area contributed by atoms with Gasteiger partial charge in [-0.1, -0.05) is 18.2 Å². The van der Waals surface area contributed by atoms with Crippen LogP contribution in [0.5, 0.6) is 0 Å². The minimum atomic E-state index is -0.279. The van der Waals surface area contributed by atoms with Gasteiger partial charge in [-0.3, -0.25) is 4.79 Å². The van der Waals surface area contributed by atoms with Gasteiger partial charge in [0.15, 0.2) is 0 Å². The first-order valence-corrected chi connectivity index (χ1v) is 8.04. The predicted octanol–water partition coefficient (Wildman–Crippen LogP) is 2.63. The van der Waals surface area contributed by atoms with E-state index in [-0.39, 0.29) is 18.1 Å². The van der Waals surface area contributed by atoms with Gasteiger partial charge in [-0.05, 0) is 30.2 Å². The van der Waals surface area contributed by atoms with Crippen molar-refractivity contribution < 1.29 is 13.9 Å². The van der Waals surface area contributed by atoms with Crippen molar-refractivity contribution in [1.82, 2.24) is 4.98 Å². The van der Waals surface area contributed by atoms with Crippen LogP contribution in [0.3, 0.4) is 0 Å². The van der Waals surface area contributed by atoms with Gasteiger partial charge in [0.25, 0.3) is 0 Å². The first kappa shape index (κ1) is 16.4. The summed E-state index contributed by atoms with van der Waals surface area (Å²) in [5.41, 5.74) is 1.56. The predicted molar refractivity (Wildman–Crippen MR) is 90.6 cm³/mol. The van der Waals surface area contributed by atoms with Crippen LogP contribution in [0.1, 0.15) is 12.0 Å². The fraction of sp³-hybridized carbons (Fsp3) is 0.333. The molecule has 1 N–H and O–H groups in total. The maximum Gasteiger partial charge on any atom is 0.225 e. The highest BCUT2D eigenvalue weighted by Crippen LogP contribution is 2.17. The Morgan fingerprint density at radius 1 is 1.21 bits per heavy atom. The molecule has 1 aliphatic heterocycles. The van der Waals surface area contributed by atoms with E-state index < -0.39 is 0 Å². The summed E-state index contributed by atoms with van der Waals surface area (Å²) in [6, 6.07) is 10.2. The number of morpholine rings is 1. The monoisotopic (exact) mass is 329 g/mol. The molecule has 0 radical (unpaired) electrons. The van der Waals surface area contributed by atoms with Crippen LogP contribution in [0.2, 0.25) is 0 Å². The second kappa shape index (κ2) is 7.88. The van der Waals surface area contributed by atoms with Gasteiger partial charge in [0.2, 0.25) is 5.91 Å². The Morgan fingerprint density at radius 2 is 2.00 bits per heavy atom. The summed E-state index contributed by atoms with van der Waals surface area (Å²) < 4.78 is 18.9. The lowest BCUT2D eigenvalue weighted by Crippen LogP contribution is -2.36. The Bertz CT molecular complexity index is 685. The summed E-state index contributed by atoms with van der Waals surface area (Å²) in [5.74, 6) is 0.0497. The molecule has 1 aromatic carbocycles. The summed E-state index contributed by atoms with van der Waals surface area (Å²) >= 11 is 0. The number of benzene rings is 1. The summed E-state index contributed by atoms with van der Waals surface area (Å²) in [6.45, 7) is 3.12. The van der Waals surface area contributed by atoms with E-state index in [1.54, 1.807) is 30.5 Å². The molecule has 1 aliphatic rings. The molecule has 0 atom stereocenters. The van der Waals surface area contributed by atoms with Crippen molar-refractivity contribution in [1.29, 1.82) is 0 Å². The van der Waals surface area contributed by atoms with Gasteiger partial charge >= 0.3 is 0 Å². The van der Waals surface area contributed by atoms with E-state index in [1.807, 2.05) is 6.07 Å². The number of halogens is 1. The van der Waals surface area contributed by atoms with Crippen molar-refractivity contribution in [2.75, 3.05) is 36.5 Å². The normalized spacial score (nSPS) is 14.5. The average molecular weight is 329 g/mol. The molecule has 0 bridgehead atoms. The molecule has 1 fully saturated rings. The number of carbonyl (C=O) groups is 1. The van der Waals surface area contributed by atoms with Crippen LogP contribution in [-0.4, -0.2) is 37.2 Å². The molecule has 24 heavy (non-hydrogen) atoms. The zero-order valence-corrected chi connectivity index (χ0v) is 13.4. The molecule has 2 aromatic rings. The van der Waals surface area contributed by atoms with Crippen LogP contribution in [0.25, 0.3) is 0 Å². The van der Waals surface area contributed by atoms with Gasteiger partial charge < -0.3 is 15.0 Å². The highest BCUT2D eigenvalue weighted by molar-refractivity contribution is 5.89. The highest BCUT2D eigenvalue weighted by Gasteiger charge is 2.12. The molecule has 1 amide bonds. The number of ether oxygens (including phenoxy) is 1. The zero-order chi connectivity index (χ0) is 16.8. The second-order valence-corrected chi connectivity index (χ2v) is 5.64. The smallest absolute Gasteiger partial charge is 0.225 e. The molecular formula is C18H20FN3O2. The van der Waals surface area contributed by atoms with Gasteiger partial charge in [-0.15, -0.1) is 0 Å². The number of rotatable bonds is 5. The first-order chi connectivity index (χ1) is 11.7. The Morgan fingerprint density at radius 3 is 2.71 bits per heavy atom. The van der Waals surface area contributed by atoms with Gasteiger partial charge in [-0.25, -0.2) is 9.37 Å². The summed E-state index contributed by atoms with van der Waals surface area (Å²) in [6.07, 6.45) is 2.33. The molecule has 1 aromatic heterocycles. The standard InChI is InChI=1S/C18H20FN3O2/c19-16-4-2-1-3-14(16)5-8-18(23)21-17-7-6-15(13-20-17)22-9-11-24-12-10-22/h1-4,6-7,13H,5,8-12H2,(H,20,21,23). The third kappa shape index (κ3) is 4.29. The van der Waals surface area contributed by atoms with Crippen LogP contribution in [-0.2, 0) is 16.0 Å². The van der Waals surface area contributed by atoms with Crippen LogP contribution < -0.4 is 10.2 Å². The van der Waals surface area contributed by atoms with Gasteiger partial charge in [-0.2, -0.15) is 0 Å². The number of nitrogens with zero attached hydrogens (tertiary/aromatic N) is 2. The van der Waals surface area contributed by atoms with Gasteiger partial charge in [0.1, 0.15) is 11.6 Å². The lowest BCUT2D eigenvalue weighted by atomic mass is 10.1. The van der Waals surface area contributed by atoms with Crippen LogP contribution in [0.4, 0.5) is 15.9 Å². The number of hydrogen-bond acceptors (Lipinski definition) is 4. The third-order valence-electron chi connectivity index (χ3n) is 3.97. The van der Waals surface area contributed by atoms with Crippen LogP contribution >= 0.6 is 0 Å². The molecule has 2 heterocycles. The van der Waals surface area contributed by atoms with E-state index in [0.717, 1.165) is 18.8 Å². The van der Waals surface area contributed by atoms with Crippen LogP contribution in [0, 0.1) is 5.82 Å². The lowest BCUT2D eigenvalue weighted by molar-refractivity contribution is -0.116. The number of anilines is 2. The van der Waals surface area contributed by atoms with E-state index in [1.165, 1.54) is 6.07 Å². The van der Waals surface area contributed by atoms with E-state index in [9.17, 15) is 9.18 Å². The summed E-state index contributed by atoms with van der Waals surface area (Å²) in [4.78, 5) is 18.5. The molecule has 0 spiro atoms. The molecule has 3 rings (SSSR count). The number of aryl methyl sites for hydroxylation is 1. The number of hydrogen-bond donors (Lipinski definition) is 1. The van der Waals surface area contributed by atoms with Crippen molar-refractivity contribution >= 4 is 17.4 Å². The van der Waals surface area contributed by atoms with Crippen molar-refractivity contribution in [3.8, 4) is 0 Å². The number of amides is 1. The Labute approximate surface area is 140 Å². The van der Waals surface area contributed by atoms with E-state index >= 15 is 0 Å². The zero-order valence-electron chi connectivity index (χ0n) is 13.4. The second-order valence-electron chi connectivity index (χ2n) is 5.64. The van der Waals surface area contributed by atoms with Gasteiger partial charge in [0.05, 0.1) is 25.1 Å². The minimum absolute atomic E-state index is 0.176. The molecule has 0 unspecified atom stereocenters. The fourth-order valence-corrected chi connectivity index (χ4v) is 2.62. The molecule has 1 saturated heterocycles. The summed E-state index contributed by atoms with van der Waals surface area (Å²) in [5, 5.41) is 2.75. The number of aromatic nitrogens is 1. The topological polar surface area (TPSA) is 54.5 Å². The largest absolute Gasteiger partial charge is 0.378 e. The van der Waals surface area contributed by atoms with Crippen molar-refractivity contribution in [2.45, 2.75) is 12.8 Å². The molecule has 0 saturated carbocycles. The molecule has 0 aliphatic carbocycles. The van der Waals surface area contributed by atoms with E-state index in [2.05, 4.69) is 15.2 Å². The lowest BCUT2D eigenvalue weighted by Gasteiger charge is -2.28. The molecule has 5 nitrogen and oxygen atoms in total.